The number of nitrogens with one attached hydrogen (secondary N) is 2. The van der Waals surface area contributed by atoms with Gasteiger partial charge in [-0.1, -0.05) is 25.3 Å². The van der Waals surface area contributed by atoms with Gasteiger partial charge in [0.15, 0.2) is 11.5 Å². The van der Waals surface area contributed by atoms with Crippen molar-refractivity contribution in [3.63, 3.8) is 0 Å². The molecule has 0 unspecified atom stereocenters. The molecule has 1 fully saturated rings. The molecule has 0 bridgehead atoms. The molecule has 0 atom stereocenters. The van der Waals surface area contributed by atoms with E-state index >= 15 is 0 Å². The van der Waals surface area contributed by atoms with Gasteiger partial charge in [-0.3, -0.25) is 0 Å². The van der Waals surface area contributed by atoms with E-state index in [-0.39, 0.29) is 12.1 Å². The topological polar surface area (TPSA) is 72.0 Å². The van der Waals surface area contributed by atoms with Gasteiger partial charge in [-0.15, -0.1) is 0 Å². The van der Waals surface area contributed by atoms with Crippen LogP contribution in [0.2, 0.25) is 0 Å². The van der Waals surface area contributed by atoms with Gasteiger partial charge in [-0.25, -0.2) is 10.2 Å². The van der Waals surface area contributed by atoms with Gasteiger partial charge in [-0.05, 0) is 25.0 Å². The number of carbonyl (C=O) groups excluding carboxylic acids is 1. The molecule has 0 aromatic heterocycles. The highest BCUT2D eigenvalue weighted by molar-refractivity contribution is 5.86. The Hall–Kier alpha value is -2.24. The number of hydrogen-bond acceptors (Lipinski definition) is 4. The van der Waals surface area contributed by atoms with E-state index < -0.39 is 0 Å². The molecule has 6 nitrogen and oxygen atoms in total. The number of amides is 2. The number of rotatable bonds is 5. The molecule has 1 saturated carbocycles. The van der Waals surface area contributed by atoms with Crippen LogP contribution < -0.4 is 20.2 Å². The third-order valence-electron chi connectivity index (χ3n) is 3.74. The summed E-state index contributed by atoms with van der Waals surface area (Å²) in [5, 5.41) is 6.90. The van der Waals surface area contributed by atoms with Crippen molar-refractivity contribution in [1.82, 2.24) is 10.7 Å². The van der Waals surface area contributed by atoms with Gasteiger partial charge in [0.05, 0.1) is 20.4 Å². The Morgan fingerprint density at radius 1 is 1.23 bits per heavy atom. The van der Waals surface area contributed by atoms with Crippen molar-refractivity contribution in [2.75, 3.05) is 14.2 Å². The van der Waals surface area contributed by atoms with Gasteiger partial charge in [-0.2, -0.15) is 5.10 Å². The summed E-state index contributed by atoms with van der Waals surface area (Å²) in [7, 11) is 3.15. The summed E-state index contributed by atoms with van der Waals surface area (Å²) in [6.45, 7) is 0. The Labute approximate surface area is 130 Å². The van der Waals surface area contributed by atoms with Crippen molar-refractivity contribution < 1.29 is 14.3 Å². The van der Waals surface area contributed by atoms with E-state index in [1.165, 1.54) is 19.3 Å². The number of ether oxygens (including phenoxy) is 2. The van der Waals surface area contributed by atoms with Crippen molar-refractivity contribution in [1.29, 1.82) is 0 Å². The van der Waals surface area contributed by atoms with Gasteiger partial charge >= 0.3 is 6.03 Å². The molecule has 2 rings (SSSR count). The van der Waals surface area contributed by atoms with Crippen molar-refractivity contribution in [2.24, 2.45) is 5.10 Å². The highest BCUT2D eigenvalue weighted by Crippen LogP contribution is 2.29. The predicted molar refractivity (Wildman–Crippen MR) is 85.7 cm³/mol. The predicted octanol–water partition coefficient (Wildman–Crippen LogP) is 2.67. The first-order valence-corrected chi connectivity index (χ1v) is 7.55. The van der Waals surface area contributed by atoms with Gasteiger partial charge in [0.2, 0.25) is 0 Å². The first-order chi connectivity index (χ1) is 10.7. The Morgan fingerprint density at radius 3 is 2.68 bits per heavy atom. The fourth-order valence-electron chi connectivity index (χ4n) is 2.64. The maximum Gasteiger partial charge on any atom is 0.335 e. The summed E-state index contributed by atoms with van der Waals surface area (Å²) in [6.07, 6.45) is 7.24. The van der Waals surface area contributed by atoms with Crippen LogP contribution in [-0.2, 0) is 0 Å². The molecule has 0 saturated heterocycles. The lowest BCUT2D eigenvalue weighted by molar-refractivity contribution is 0.233. The van der Waals surface area contributed by atoms with Crippen LogP contribution in [0.1, 0.15) is 37.7 Å². The summed E-state index contributed by atoms with van der Waals surface area (Å²) in [5.41, 5.74) is 3.23. The van der Waals surface area contributed by atoms with E-state index in [4.69, 9.17) is 9.47 Å². The van der Waals surface area contributed by atoms with Crippen LogP contribution in [0, 0.1) is 0 Å². The molecule has 1 aromatic rings. The van der Waals surface area contributed by atoms with E-state index in [1.807, 2.05) is 12.1 Å². The summed E-state index contributed by atoms with van der Waals surface area (Å²) in [4.78, 5) is 11.8. The molecular formula is C16H23N3O3. The van der Waals surface area contributed by atoms with Crippen molar-refractivity contribution in [2.45, 2.75) is 38.1 Å². The maximum absolute atomic E-state index is 11.8. The van der Waals surface area contributed by atoms with Crippen molar-refractivity contribution in [3.8, 4) is 11.5 Å². The van der Waals surface area contributed by atoms with E-state index in [0.29, 0.717) is 11.5 Å². The normalized spacial score (nSPS) is 15.5. The zero-order valence-corrected chi connectivity index (χ0v) is 13.1. The van der Waals surface area contributed by atoms with Crippen LogP contribution in [0.4, 0.5) is 4.79 Å². The van der Waals surface area contributed by atoms with Crippen LogP contribution in [0.3, 0.4) is 0 Å². The standard InChI is InChI=1S/C16H23N3O3/c1-21-14-10-6-7-12(15(14)22-2)11-17-19-16(20)18-13-8-4-3-5-9-13/h6-7,10-11,13H,3-5,8-9H2,1-2H3,(H2,18,19,20)/b17-11-. The van der Waals surface area contributed by atoms with Gasteiger partial charge < -0.3 is 14.8 Å². The Morgan fingerprint density at radius 2 is 2.00 bits per heavy atom. The van der Waals surface area contributed by atoms with Crippen LogP contribution in [-0.4, -0.2) is 32.5 Å². The maximum atomic E-state index is 11.8. The molecule has 0 spiro atoms. The third-order valence-corrected chi connectivity index (χ3v) is 3.74. The fraction of sp³-hybridized carbons (Fsp3) is 0.500. The third kappa shape index (κ3) is 4.38. The van der Waals surface area contributed by atoms with E-state index in [0.717, 1.165) is 18.4 Å². The van der Waals surface area contributed by atoms with Gasteiger partial charge in [0.25, 0.3) is 0 Å². The average molecular weight is 305 g/mol. The van der Waals surface area contributed by atoms with Crippen LogP contribution in [0.25, 0.3) is 0 Å². The molecule has 120 valence electrons. The molecule has 22 heavy (non-hydrogen) atoms. The van der Waals surface area contributed by atoms with Crippen molar-refractivity contribution >= 4 is 12.2 Å². The van der Waals surface area contributed by atoms with Crippen LogP contribution >= 0.6 is 0 Å². The van der Waals surface area contributed by atoms with E-state index in [9.17, 15) is 4.79 Å². The number of urea groups is 1. The fourth-order valence-corrected chi connectivity index (χ4v) is 2.64. The van der Waals surface area contributed by atoms with Gasteiger partial charge in [0.1, 0.15) is 0 Å². The monoisotopic (exact) mass is 305 g/mol. The number of hydrazone groups is 1. The van der Waals surface area contributed by atoms with Crippen LogP contribution in [0.5, 0.6) is 11.5 Å². The quantitative estimate of drug-likeness (QED) is 0.649. The number of para-hydroxylation sites is 1. The lowest BCUT2D eigenvalue weighted by atomic mass is 9.96. The highest BCUT2D eigenvalue weighted by atomic mass is 16.5. The molecule has 6 heteroatoms. The first-order valence-electron chi connectivity index (χ1n) is 7.55. The zero-order chi connectivity index (χ0) is 15.8. The number of carbonyl (C=O) groups is 1. The second-order valence-corrected chi connectivity index (χ2v) is 5.26. The average Bonchev–Trinajstić information content (AvgIpc) is 2.55. The molecule has 1 aliphatic carbocycles. The minimum atomic E-state index is -0.273. The highest BCUT2D eigenvalue weighted by Gasteiger charge is 2.15. The summed E-state index contributed by atoms with van der Waals surface area (Å²) in [5.74, 6) is 1.21. The van der Waals surface area contributed by atoms with Crippen molar-refractivity contribution in [3.05, 3.63) is 23.8 Å². The molecule has 1 aromatic carbocycles. The minimum Gasteiger partial charge on any atom is -0.493 e. The number of hydrogen-bond donors (Lipinski definition) is 2. The number of nitrogens with zero attached hydrogens (tertiary/aromatic N) is 1. The summed E-state index contributed by atoms with van der Waals surface area (Å²) < 4.78 is 10.5. The summed E-state index contributed by atoms with van der Waals surface area (Å²) in [6, 6.07) is 5.47. The minimum absolute atomic E-state index is 0.260. The lowest BCUT2D eigenvalue weighted by Gasteiger charge is -2.22. The Bertz CT molecular complexity index is 525. The molecule has 1 aliphatic rings. The molecule has 0 aliphatic heterocycles. The second-order valence-electron chi connectivity index (χ2n) is 5.26. The molecule has 2 amide bonds. The second kappa shape index (κ2) is 8.26. The molecule has 0 radical (unpaired) electrons. The smallest absolute Gasteiger partial charge is 0.335 e. The number of methoxy groups -OCH3 is 2. The van der Waals surface area contributed by atoms with Crippen LogP contribution in [0.15, 0.2) is 23.3 Å². The van der Waals surface area contributed by atoms with Gasteiger partial charge in [0, 0.05) is 11.6 Å². The summed E-state index contributed by atoms with van der Waals surface area (Å²) >= 11 is 0. The first kappa shape index (κ1) is 16.1. The van der Waals surface area contributed by atoms with E-state index in [2.05, 4.69) is 15.8 Å². The largest absolute Gasteiger partial charge is 0.493 e. The Balaban J connectivity index is 1.90. The SMILES string of the molecule is COc1cccc(/C=N\NC(=O)NC2CCCCC2)c1OC. The van der Waals surface area contributed by atoms with E-state index in [1.54, 1.807) is 26.5 Å². The zero-order valence-electron chi connectivity index (χ0n) is 13.1. The lowest BCUT2D eigenvalue weighted by Crippen LogP contribution is -2.41. The molecule has 0 heterocycles. The molecule has 2 N–H and O–H groups in total. The molecular weight excluding hydrogens is 282 g/mol. The Kier molecular flexibility index (Phi) is 6.06. The number of benzene rings is 1.